The van der Waals surface area contributed by atoms with Gasteiger partial charge in [0.25, 0.3) is 0 Å². The average Bonchev–Trinajstić information content (AvgIpc) is 2.65. The van der Waals surface area contributed by atoms with Gasteiger partial charge in [-0.05, 0) is 18.4 Å². The van der Waals surface area contributed by atoms with E-state index in [9.17, 15) is 14.7 Å². The van der Waals surface area contributed by atoms with Crippen LogP contribution in [0.1, 0.15) is 18.2 Å². The number of amides is 1. The molecule has 15 heavy (non-hydrogen) atoms. The number of rotatable bonds is 4. The summed E-state index contributed by atoms with van der Waals surface area (Å²) >= 11 is 1.49. The van der Waals surface area contributed by atoms with Gasteiger partial charge in [-0.1, -0.05) is 6.07 Å². The van der Waals surface area contributed by atoms with Gasteiger partial charge in [0.05, 0.1) is 18.1 Å². The van der Waals surface area contributed by atoms with E-state index in [4.69, 9.17) is 0 Å². The lowest BCUT2D eigenvalue weighted by atomic mass is 10.3. The first-order valence-corrected chi connectivity index (χ1v) is 5.04. The van der Waals surface area contributed by atoms with Crippen LogP contribution in [0.4, 0.5) is 0 Å². The minimum Gasteiger partial charge on any atom is -0.550 e. The van der Waals surface area contributed by atoms with Gasteiger partial charge in [-0.15, -0.1) is 11.3 Å². The summed E-state index contributed by atoms with van der Waals surface area (Å²) in [6, 6.07) is 3.72. The zero-order valence-electron chi connectivity index (χ0n) is 8.02. The summed E-state index contributed by atoms with van der Waals surface area (Å²) in [4.78, 5) is 21.9. The molecule has 0 aromatic carbocycles. The fourth-order valence-corrected chi connectivity index (χ4v) is 1.53. The Balaban J connectivity index is 2.51. The molecule has 80 valence electrons. The summed E-state index contributed by atoms with van der Waals surface area (Å²) in [5.41, 5.74) is 2.77. The van der Waals surface area contributed by atoms with Crippen LogP contribution >= 0.6 is 11.3 Å². The van der Waals surface area contributed by atoms with Crippen molar-refractivity contribution in [3.63, 3.8) is 0 Å². The number of thiophene rings is 1. The van der Waals surface area contributed by atoms with Crippen LogP contribution in [0.2, 0.25) is 0 Å². The molecule has 0 aliphatic carbocycles. The van der Waals surface area contributed by atoms with Crippen LogP contribution in [0.5, 0.6) is 0 Å². The highest BCUT2D eigenvalue weighted by molar-refractivity contribution is 7.12. The largest absolute Gasteiger partial charge is 0.550 e. The van der Waals surface area contributed by atoms with E-state index in [-0.39, 0.29) is 0 Å². The molecule has 0 atom stereocenters. The first-order chi connectivity index (χ1) is 7.09. The van der Waals surface area contributed by atoms with E-state index in [0.29, 0.717) is 5.71 Å². The zero-order valence-corrected chi connectivity index (χ0v) is 8.84. The van der Waals surface area contributed by atoms with Gasteiger partial charge in [0.15, 0.2) is 0 Å². The molecular formula is C9H9N2O3S-. The van der Waals surface area contributed by atoms with Crippen molar-refractivity contribution in [2.24, 2.45) is 5.10 Å². The summed E-state index contributed by atoms with van der Waals surface area (Å²) in [5.74, 6) is -2.11. The molecule has 1 heterocycles. The molecule has 0 bridgehead atoms. The molecule has 0 saturated carbocycles. The lowest BCUT2D eigenvalue weighted by Crippen LogP contribution is -2.30. The minimum absolute atomic E-state index is 0.636. The van der Waals surface area contributed by atoms with Gasteiger partial charge in [0.1, 0.15) is 0 Å². The van der Waals surface area contributed by atoms with Gasteiger partial charge in [-0.3, -0.25) is 4.79 Å². The zero-order chi connectivity index (χ0) is 11.3. The Bertz CT molecular complexity index is 384. The van der Waals surface area contributed by atoms with E-state index in [0.717, 1.165) is 4.88 Å². The number of nitrogens with one attached hydrogen (secondary N) is 1. The van der Waals surface area contributed by atoms with E-state index < -0.39 is 18.3 Å². The Kier molecular flexibility index (Phi) is 3.99. The lowest BCUT2D eigenvalue weighted by molar-refractivity contribution is -0.304. The molecule has 0 spiro atoms. The van der Waals surface area contributed by atoms with Crippen molar-refractivity contribution in [3.8, 4) is 0 Å². The van der Waals surface area contributed by atoms with Gasteiger partial charge >= 0.3 is 0 Å². The molecule has 0 fully saturated rings. The number of carbonyl (C=O) groups excluding carboxylic acids is 2. The van der Waals surface area contributed by atoms with Crippen LogP contribution in [0.15, 0.2) is 22.6 Å². The van der Waals surface area contributed by atoms with Gasteiger partial charge in [0, 0.05) is 4.88 Å². The van der Waals surface area contributed by atoms with Crippen LogP contribution in [0.3, 0.4) is 0 Å². The van der Waals surface area contributed by atoms with E-state index in [1.807, 2.05) is 17.5 Å². The predicted octanol–water partition coefficient (Wildman–Crippen LogP) is -0.272. The molecule has 1 N–H and O–H groups in total. The highest BCUT2D eigenvalue weighted by Gasteiger charge is 2.01. The fraction of sp³-hybridized carbons (Fsp3) is 0.222. The number of hydrogen-bond acceptors (Lipinski definition) is 5. The Morgan fingerprint density at radius 1 is 1.60 bits per heavy atom. The lowest BCUT2D eigenvalue weighted by Gasteiger charge is -2.01. The van der Waals surface area contributed by atoms with Crippen LogP contribution in [-0.2, 0) is 9.59 Å². The Labute approximate surface area is 90.4 Å². The average molecular weight is 225 g/mol. The molecule has 0 saturated heterocycles. The fourth-order valence-electron chi connectivity index (χ4n) is 0.856. The summed E-state index contributed by atoms with van der Waals surface area (Å²) < 4.78 is 0. The maximum atomic E-state index is 10.9. The third-order valence-electron chi connectivity index (χ3n) is 1.53. The van der Waals surface area contributed by atoms with Gasteiger partial charge < -0.3 is 9.90 Å². The summed E-state index contributed by atoms with van der Waals surface area (Å²) in [6.45, 7) is 1.73. The molecular weight excluding hydrogens is 216 g/mol. The summed E-state index contributed by atoms with van der Waals surface area (Å²) in [5, 5.41) is 15.7. The normalized spacial score (nSPS) is 11.1. The van der Waals surface area contributed by atoms with Crippen molar-refractivity contribution >= 4 is 28.9 Å². The Morgan fingerprint density at radius 3 is 2.87 bits per heavy atom. The maximum absolute atomic E-state index is 10.9. The molecule has 0 aliphatic heterocycles. The molecule has 0 unspecified atom stereocenters. The number of carbonyl (C=O) groups is 2. The monoisotopic (exact) mass is 225 g/mol. The predicted molar refractivity (Wildman–Crippen MR) is 54.3 cm³/mol. The maximum Gasteiger partial charge on any atom is 0.245 e. The quantitative estimate of drug-likeness (QED) is 0.435. The van der Waals surface area contributed by atoms with Crippen molar-refractivity contribution in [2.75, 3.05) is 0 Å². The first kappa shape index (κ1) is 11.4. The van der Waals surface area contributed by atoms with Crippen LogP contribution in [-0.4, -0.2) is 17.6 Å². The number of carboxylic acids is 1. The van der Waals surface area contributed by atoms with Crippen LogP contribution in [0.25, 0.3) is 0 Å². The topological polar surface area (TPSA) is 81.6 Å². The van der Waals surface area contributed by atoms with Crippen molar-refractivity contribution in [1.82, 2.24) is 5.43 Å². The van der Waals surface area contributed by atoms with Crippen molar-refractivity contribution in [3.05, 3.63) is 22.4 Å². The Hall–Kier alpha value is -1.69. The van der Waals surface area contributed by atoms with Crippen LogP contribution < -0.4 is 10.5 Å². The van der Waals surface area contributed by atoms with Gasteiger partial charge in [0.2, 0.25) is 5.91 Å². The molecule has 0 aliphatic rings. The molecule has 1 aromatic heterocycles. The van der Waals surface area contributed by atoms with Crippen molar-refractivity contribution in [2.45, 2.75) is 13.3 Å². The second-order valence-electron chi connectivity index (χ2n) is 2.76. The second-order valence-corrected chi connectivity index (χ2v) is 3.71. The first-order valence-electron chi connectivity index (χ1n) is 4.16. The number of aliphatic carboxylic acids is 1. The number of carboxylic acid groups (broad SMARTS) is 1. The molecule has 0 radical (unpaired) electrons. The third kappa shape index (κ3) is 3.90. The van der Waals surface area contributed by atoms with E-state index >= 15 is 0 Å². The molecule has 6 heteroatoms. The SMILES string of the molecule is C/C(=N\NC(=O)CC(=O)[O-])c1cccs1. The van der Waals surface area contributed by atoms with Gasteiger partial charge in [-0.2, -0.15) is 5.10 Å². The van der Waals surface area contributed by atoms with Crippen molar-refractivity contribution in [1.29, 1.82) is 0 Å². The molecule has 1 rings (SSSR count). The number of hydrogen-bond donors (Lipinski definition) is 1. The number of nitrogens with zero attached hydrogens (tertiary/aromatic N) is 1. The van der Waals surface area contributed by atoms with Crippen molar-refractivity contribution < 1.29 is 14.7 Å². The third-order valence-corrected chi connectivity index (χ3v) is 2.51. The van der Waals surface area contributed by atoms with Gasteiger partial charge in [-0.25, -0.2) is 5.43 Å². The standard InChI is InChI=1S/C9H10N2O3S/c1-6(7-3-2-4-15-7)10-11-8(12)5-9(13)14/h2-4H,5H2,1H3,(H,11,12)(H,13,14)/p-1/b10-6+. The summed E-state index contributed by atoms with van der Waals surface area (Å²) in [6.07, 6.45) is -0.679. The molecule has 1 amide bonds. The Morgan fingerprint density at radius 2 is 2.33 bits per heavy atom. The van der Waals surface area contributed by atoms with E-state index in [1.54, 1.807) is 6.92 Å². The molecule has 5 nitrogen and oxygen atoms in total. The minimum atomic E-state index is -1.42. The highest BCUT2D eigenvalue weighted by atomic mass is 32.1. The molecule has 1 aromatic rings. The van der Waals surface area contributed by atoms with E-state index in [1.165, 1.54) is 11.3 Å². The summed E-state index contributed by atoms with van der Waals surface area (Å²) in [7, 11) is 0. The number of hydrazone groups is 1. The highest BCUT2D eigenvalue weighted by Crippen LogP contribution is 2.09. The van der Waals surface area contributed by atoms with Crippen LogP contribution in [0, 0.1) is 0 Å². The second kappa shape index (κ2) is 5.26. The smallest absolute Gasteiger partial charge is 0.245 e. The van der Waals surface area contributed by atoms with E-state index in [2.05, 4.69) is 10.5 Å².